The number of fused-ring (bicyclic) bond motifs is 1. The normalized spacial score (nSPS) is 11.3. The fourth-order valence-corrected chi connectivity index (χ4v) is 3.29. The number of benzene rings is 2. The molecule has 152 valence electrons. The molecule has 5 nitrogen and oxygen atoms in total. The molecule has 0 saturated carbocycles. The molecule has 9 heteroatoms. The molecule has 1 amide bonds. The van der Waals surface area contributed by atoms with Gasteiger partial charge in [0, 0.05) is 10.0 Å². The van der Waals surface area contributed by atoms with Crippen molar-refractivity contribution < 1.29 is 18.0 Å². The van der Waals surface area contributed by atoms with Gasteiger partial charge < -0.3 is 5.32 Å². The smallest absolute Gasteiger partial charge is 0.280 e. The van der Waals surface area contributed by atoms with Crippen molar-refractivity contribution in [2.45, 2.75) is 13.3 Å². The second-order valence-electron chi connectivity index (χ2n) is 6.60. The summed E-state index contributed by atoms with van der Waals surface area (Å²) in [5.41, 5.74) is 1.37. The Kier molecular flexibility index (Phi) is 5.29. The van der Waals surface area contributed by atoms with E-state index in [1.807, 2.05) is 19.1 Å². The first kappa shape index (κ1) is 20.1. The number of aryl methyl sites for hydroxylation is 1. The highest BCUT2D eigenvalue weighted by Crippen LogP contribution is 2.27. The number of alkyl halides is 2. The first-order valence-electron chi connectivity index (χ1n) is 8.84. The van der Waals surface area contributed by atoms with Crippen LogP contribution in [0.15, 0.2) is 59.2 Å². The van der Waals surface area contributed by atoms with Gasteiger partial charge in [-0.3, -0.25) is 4.79 Å². The number of halogens is 4. The van der Waals surface area contributed by atoms with E-state index in [4.69, 9.17) is 0 Å². The summed E-state index contributed by atoms with van der Waals surface area (Å²) in [6.45, 7) is 1.91. The quantitative estimate of drug-likeness (QED) is 0.406. The molecule has 0 fully saturated rings. The van der Waals surface area contributed by atoms with Crippen LogP contribution in [0.4, 0.5) is 18.9 Å². The number of aromatic nitrogens is 3. The predicted molar refractivity (Wildman–Crippen MR) is 110 cm³/mol. The summed E-state index contributed by atoms with van der Waals surface area (Å²) in [7, 11) is 0. The van der Waals surface area contributed by atoms with E-state index in [0.29, 0.717) is 10.0 Å². The molecule has 1 N–H and O–H groups in total. The third-order valence-electron chi connectivity index (χ3n) is 4.49. The van der Waals surface area contributed by atoms with Gasteiger partial charge in [-0.05, 0) is 31.2 Å². The topological polar surface area (TPSA) is 59.3 Å². The molecular formula is C21H14BrF3N4O. The maximum Gasteiger partial charge on any atom is 0.280 e. The van der Waals surface area contributed by atoms with Crippen molar-refractivity contribution in [2.24, 2.45) is 0 Å². The molecule has 0 saturated heterocycles. The molecule has 0 bridgehead atoms. The molecule has 4 rings (SSSR count). The Morgan fingerprint density at radius 3 is 2.53 bits per heavy atom. The zero-order valence-electron chi connectivity index (χ0n) is 15.5. The van der Waals surface area contributed by atoms with Crippen molar-refractivity contribution in [3.05, 3.63) is 81.8 Å². The summed E-state index contributed by atoms with van der Waals surface area (Å²) in [6.07, 6.45) is -1.70. The lowest BCUT2D eigenvalue weighted by Crippen LogP contribution is -2.13. The van der Waals surface area contributed by atoms with Crippen LogP contribution in [0.3, 0.4) is 0 Å². The van der Waals surface area contributed by atoms with Crippen LogP contribution in [0.5, 0.6) is 0 Å². The first-order chi connectivity index (χ1) is 14.3. The minimum Gasteiger partial charge on any atom is -0.319 e. The number of hydrogen-bond donors (Lipinski definition) is 1. The number of carbonyl (C=O) groups excluding carboxylic acids is 1. The third kappa shape index (κ3) is 3.80. The number of nitrogens with one attached hydrogen (secondary N) is 1. The monoisotopic (exact) mass is 474 g/mol. The van der Waals surface area contributed by atoms with Crippen LogP contribution in [0.1, 0.15) is 28.0 Å². The second-order valence-corrected chi connectivity index (χ2v) is 7.52. The van der Waals surface area contributed by atoms with E-state index in [1.54, 1.807) is 18.2 Å². The number of anilines is 1. The summed E-state index contributed by atoms with van der Waals surface area (Å²) in [6, 6.07) is 12.6. The number of rotatable bonds is 4. The Bertz CT molecular complexity index is 1260. The highest BCUT2D eigenvalue weighted by atomic mass is 79.9. The minimum absolute atomic E-state index is 0.0432. The van der Waals surface area contributed by atoms with Crippen LogP contribution in [-0.2, 0) is 0 Å². The largest absolute Gasteiger partial charge is 0.319 e. The molecule has 4 aromatic rings. The fourth-order valence-electron chi connectivity index (χ4n) is 2.95. The van der Waals surface area contributed by atoms with Crippen LogP contribution in [0, 0.1) is 12.7 Å². The SMILES string of the molecule is Cc1ccc(-c2cc(C(F)F)n3ncc(C(=O)Nc4ccc(Br)cc4F)c3n2)cc1. The molecule has 0 aliphatic carbocycles. The molecule has 2 aromatic heterocycles. The number of carbonyl (C=O) groups is 1. The van der Waals surface area contributed by atoms with E-state index >= 15 is 0 Å². The van der Waals surface area contributed by atoms with Gasteiger partial charge in [0.25, 0.3) is 12.3 Å². The van der Waals surface area contributed by atoms with Crippen molar-refractivity contribution in [1.82, 2.24) is 14.6 Å². The van der Waals surface area contributed by atoms with Gasteiger partial charge in [0.2, 0.25) is 0 Å². The van der Waals surface area contributed by atoms with Crippen molar-refractivity contribution in [2.75, 3.05) is 5.32 Å². The summed E-state index contributed by atoms with van der Waals surface area (Å²) in [5.74, 6) is -1.35. The summed E-state index contributed by atoms with van der Waals surface area (Å²) < 4.78 is 42.8. The maximum atomic E-state index is 14.1. The first-order valence-corrected chi connectivity index (χ1v) is 9.63. The third-order valence-corrected chi connectivity index (χ3v) is 4.99. The average molecular weight is 475 g/mol. The summed E-state index contributed by atoms with van der Waals surface area (Å²) in [5, 5.41) is 6.33. The number of nitrogens with zero attached hydrogens (tertiary/aromatic N) is 3. The number of amides is 1. The van der Waals surface area contributed by atoms with E-state index in [-0.39, 0.29) is 22.6 Å². The van der Waals surface area contributed by atoms with Gasteiger partial charge in [0.15, 0.2) is 5.65 Å². The molecule has 0 aliphatic rings. The van der Waals surface area contributed by atoms with Gasteiger partial charge in [0.1, 0.15) is 17.1 Å². The van der Waals surface area contributed by atoms with Crippen molar-refractivity contribution in [1.29, 1.82) is 0 Å². The van der Waals surface area contributed by atoms with Crippen LogP contribution in [0.2, 0.25) is 0 Å². The van der Waals surface area contributed by atoms with Crippen LogP contribution in [0.25, 0.3) is 16.9 Å². The minimum atomic E-state index is -2.83. The van der Waals surface area contributed by atoms with Crippen molar-refractivity contribution in [3.8, 4) is 11.3 Å². The van der Waals surface area contributed by atoms with Gasteiger partial charge >= 0.3 is 0 Å². The van der Waals surface area contributed by atoms with E-state index < -0.39 is 23.8 Å². The van der Waals surface area contributed by atoms with E-state index in [2.05, 4.69) is 31.3 Å². The van der Waals surface area contributed by atoms with Crippen LogP contribution >= 0.6 is 15.9 Å². The Labute approximate surface area is 177 Å². The molecular weight excluding hydrogens is 461 g/mol. The van der Waals surface area contributed by atoms with E-state index in [1.165, 1.54) is 18.2 Å². The standard InChI is InChI=1S/C21H14BrF3N4O/c1-11-2-4-12(5-3-11)17-9-18(19(24)25)29-20(27-17)14(10-26-29)21(30)28-16-7-6-13(22)8-15(16)23/h2-10,19H,1H3,(H,28,30). The molecule has 0 spiro atoms. The fraction of sp³-hybridized carbons (Fsp3) is 0.0952. The number of hydrogen-bond acceptors (Lipinski definition) is 3. The summed E-state index contributed by atoms with van der Waals surface area (Å²) >= 11 is 3.14. The van der Waals surface area contributed by atoms with Crippen LogP contribution in [-0.4, -0.2) is 20.5 Å². The lowest BCUT2D eigenvalue weighted by molar-refractivity contribution is 0.102. The highest BCUT2D eigenvalue weighted by Gasteiger charge is 2.22. The van der Waals surface area contributed by atoms with E-state index in [9.17, 15) is 18.0 Å². The predicted octanol–water partition coefficient (Wildman–Crippen LogP) is 5.80. The van der Waals surface area contributed by atoms with Gasteiger partial charge in [-0.25, -0.2) is 22.7 Å². The van der Waals surface area contributed by atoms with Gasteiger partial charge in [-0.1, -0.05) is 45.8 Å². The average Bonchev–Trinajstić information content (AvgIpc) is 3.14. The lowest BCUT2D eigenvalue weighted by Gasteiger charge is -2.09. The molecule has 0 aliphatic heterocycles. The Hall–Kier alpha value is -3.20. The van der Waals surface area contributed by atoms with Crippen molar-refractivity contribution in [3.63, 3.8) is 0 Å². The maximum absolute atomic E-state index is 14.1. The second kappa shape index (κ2) is 7.91. The molecule has 0 radical (unpaired) electrons. The highest BCUT2D eigenvalue weighted by molar-refractivity contribution is 9.10. The Morgan fingerprint density at radius 1 is 1.13 bits per heavy atom. The van der Waals surface area contributed by atoms with Gasteiger partial charge in [-0.2, -0.15) is 5.10 Å². The molecule has 0 unspecified atom stereocenters. The Morgan fingerprint density at radius 2 is 1.87 bits per heavy atom. The lowest BCUT2D eigenvalue weighted by atomic mass is 10.1. The zero-order chi connectivity index (χ0) is 21.4. The summed E-state index contributed by atoms with van der Waals surface area (Å²) in [4.78, 5) is 17.1. The molecule has 0 atom stereocenters. The van der Waals surface area contributed by atoms with Gasteiger partial charge in [-0.15, -0.1) is 0 Å². The van der Waals surface area contributed by atoms with Crippen molar-refractivity contribution >= 4 is 33.2 Å². The van der Waals surface area contributed by atoms with Gasteiger partial charge in [0.05, 0.1) is 17.6 Å². The van der Waals surface area contributed by atoms with Crippen LogP contribution < -0.4 is 5.32 Å². The van der Waals surface area contributed by atoms with E-state index in [0.717, 1.165) is 16.3 Å². The molecule has 2 aromatic carbocycles. The molecule has 30 heavy (non-hydrogen) atoms. The molecule has 2 heterocycles. The zero-order valence-corrected chi connectivity index (χ0v) is 17.1. The Balaban J connectivity index is 1.80.